The van der Waals surface area contributed by atoms with Crippen LogP contribution in [0.4, 0.5) is 4.39 Å². The second-order valence-corrected chi connectivity index (χ2v) is 8.40. The van der Waals surface area contributed by atoms with Crippen molar-refractivity contribution in [2.45, 2.75) is 59.3 Å². The fourth-order valence-electron chi connectivity index (χ4n) is 4.33. The van der Waals surface area contributed by atoms with E-state index in [1.807, 2.05) is 23.7 Å². The maximum atomic E-state index is 13.1. The number of halogens is 1. The van der Waals surface area contributed by atoms with E-state index in [9.17, 15) is 9.18 Å². The Morgan fingerprint density at radius 3 is 2.62 bits per heavy atom. The van der Waals surface area contributed by atoms with Crippen LogP contribution in [0.2, 0.25) is 0 Å². The molecule has 0 spiro atoms. The number of nitrogens with one attached hydrogen (secondary N) is 1. The van der Waals surface area contributed by atoms with Crippen molar-refractivity contribution in [2.75, 3.05) is 6.54 Å². The van der Waals surface area contributed by atoms with Gasteiger partial charge in [0.05, 0.1) is 28.7 Å². The first-order chi connectivity index (χ1) is 15.4. The molecule has 2 aromatic heterocycles. The Balaban J connectivity index is 1.43. The van der Waals surface area contributed by atoms with Gasteiger partial charge in [0, 0.05) is 31.4 Å². The van der Waals surface area contributed by atoms with Gasteiger partial charge >= 0.3 is 0 Å². The van der Waals surface area contributed by atoms with Crippen LogP contribution in [0.1, 0.15) is 64.4 Å². The summed E-state index contributed by atoms with van der Waals surface area (Å²) in [4.78, 5) is 19.9. The Bertz CT molecular complexity index is 1090. The first kappa shape index (κ1) is 22.1. The smallest absolute Gasteiger partial charge is 0.253 e. The van der Waals surface area contributed by atoms with E-state index >= 15 is 0 Å². The van der Waals surface area contributed by atoms with E-state index in [4.69, 9.17) is 4.98 Å². The van der Waals surface area contributed by atoms with Crippen LogP contribution in [-0.4, -0.2) is 32.1 Å². The predicted octanol–water partition coefficient (Wildman–Crippen LogP) is 4.32. The van der Waals surface area contributed by atoms with Crippen molar-refractivity contribution in [1.82, 2.24) is 25.0 Å². The molecule has 0 unspecified atom stereocenters. The minimum atomic E-state index is -0.286. The van der Waals surface area contributed by atoms with Gasteiger partial charge in [-0.1, -0.05) is 12.1 Å². The number of likely N-dealkylation sites (tertiary alicyclic amines) is 1. The highest BCUT2D eigenvalue weighted by molar-refractivity contribution is 5.95. The third kappa shape index (κ3) is 4.88. The lowest BCUT2D eigenvalue weighted by Crippen LogP contribution is -2.26. The molecule has 7 heteroatoms. The maximum Gasteiger partial charge on any atom is 0.253 e. The number of aromatic nitrogens is 3. The summed E-state index contributed by atoms with van der Waals surface area (Å²) >= 11 is 0. The molecule has 0 radical (unpaired) electrons. The van der Waals surface area contributed by atoms with Gasteiger partial charge in [0.2, 0.25) is 0 Å². The molecular formula is C25H30FN5O. The second-order valence-electron chi connectivity index (χ2n) is 8.40. The van der Waals surface area contributed by atoms with Crippen molar-refractivity contribution in [3.8, 4) is 0 Å². The van der Waals surface area contributed by atoms with Crippen LogP contribution in [0, 0.1) is 19.7 Å². The van der Waals surface area contributed by atoms with Gasteiger partial charge in [-0.05, 0) is 70.0 Å². The number of carbonyl (C=O) groups excluding carboxylic acids is 1. The summed E-state index contributed by atoms with van der Waals surface area (Å²) in [7, 11) is 0. The highest BCUT2D eigenvalue weighted by atomic mass is 19.1. The molecule has 1 aliphatic rings. The molecule has 168 valence electrons. The lowest BCUT2D eigenvalue weighted by Gasteiger charge is -2.24. The molecule has 1 aromatic carbocycles. The van der Waals surface area contributed by atoms with E-state index in [2.05, 4.69) is 35.4 Å². The van der Waals surface area contributed by atoms with Crippen LogP contribution >= 0.6 is 0 Å². The summed E-state index contributed by atoms with van der Waals surface area (Å²) in [6.07, 6.45) is 4.33. The van der Waals surface area contributed by atoms with Gasteiger partial charge in [-0.2, -0.15) is 5.10 Å². The normalized spacial score (nSPS) is 16.4. The zero-order valence-corrected chi connectivity index (χ0v) is 18.9. The van der Waals surface area contributed by atoms with Gasteiger partial charge in [0.25, 0.3) is 5.91 Å². The topological polar surface area (TPSA) is 63.1 Å². The van der Waals surface area contributed by atoms with Crippen molar-refractivity contribution in [3.63, 3.8) is 0 Å². The molecule has 3 aromatic rings. The number of hydrogen-bond acceptors (Lipinski definition) is 4. The summed E-state index contributed by atoms with van der Waals surface area (Å²) in [6.45, 7) is 9.15. The average Bonchev–Trinajstić information content (AvgIpc) is 3.39. The highest BCUT2D eigenvalue weighted by Crippen LogP contribution is 2.33. The molecule has 0 bridgehead atoms. The molecule has 1 N–H and O–H groups in total. The largest absolute Gasteiger partial charge is 0.348 e. The molecule has 0 aliphatic carbocycles. The molecule has 1 fully saturated rings. The average molecular weight is 436 g/mol. The number of carbonyl (C=O) groups is 1. The SMILES string of the molecule is CCn1cc(CN2CCC[C@@H]2c2ccc(C(=O)NCc3ccc(F)cc3)c(C)n2)c(C)n1. The van der Waals surface area contributed by atoms with E-state index < -0.39 is 0 Å². The Morgan fingerprint density at radius 1 is 1.16 bits per heavy atom. The number of aryl methyl sites for hydroxylation is 3. The Kier molecular flexibility index (Phi) is 6.65. The zero-order chi connectivity index (χ0) is 22.7. The van der Waals surface area contributed by atoms with Crippen molar-refractivity contribution in [3.05, 3.63) is 82.2 Å². The van der Waals surface area contributed by atoms with Crippen LogP contribution in [0.25, 0.3) is 0 Å². The van der Waals surface area contributed by atoms with E-state index in [-0.39, 0.29) is 17.8 Å². The van der Waals surface area contributed by atoms with Crippen molar-refractivity contribution < 1.29 is 9.18 Å². The summed E-state index contributed by atoms with van der Waals surface area (Å²) in [5, 5.41) is 7.47. The van der Waals surface area contributed by atoms with Gasteiger partial charge in [-0.25, -0.2) is 4.39 Å². The molecule has 1 atom stereocenters. The zero-order valence-electron chi connectivity index (χ0n) is 18.9. The standard InChI is InChI=1S/C25H30FN5O/c1-4-31-16-20(17(2)29-31)15-30-13-5-6-24(30)23-12-11-22(18(3)28-23)25(32)27-14-19-7-9-21(26)10-8-19/h7-12,16,24H,4-6,13-15H2,1-3H3,(H,27,32)/t24-/m1/s1. The highest BCUT2D eigenvalue weighted by Gasteiger charge is 2.28. The van der Waals surface area contributed by atoms with Crippen molar-refractivity contribution in [2.24, 2.45) is 0 Å². The number of pyridine rings is 1. The predicted molar refractivity (Wildman–Crippen MR) is 122 cm³/mol. The van der Waals surface area contributed by atoms with Gasteiger partial charge in [0.1, 0.15) is 5.82 Å². The van der Waals surface area contributed by atoms with Crippen molar-refractivity contribution in [1.29, 1.82) is 0 Å². The maximum absolute atomic E-state index is 13.1. The molecular weight excluding hydrogens is 405 g/mol. The molecule has 1 amide bonds. The fraction of sp³-hybridized carbons (Fsp3) is 0.400. The van der Waals surface area contributed by atoms with Gasteiger partial charge < -0.3 is 5.32 Å². The van der Waals surface area contributed by atoms with Gasteiger partial charge in [0.15, 0.2) is 0 Å². The second kappa shape index (κ2) is 9.61. The molecule has 1 saturated heterocycles. The van der Waals surface area contributed by atoms with Crippen LogP contribution in [0.5, 0.6) is 0 Å². The van der Waals surface area contributed by atoms with Gasteiger partial charge in [-0.15, -0.1) is 0 Å². The van der Waals surface area contributed by atoms with E-state index in [0.717, 1.165) is 55.1 Å². The van der Waals surface area contributed by atoms with E-state index in [0.29, 0.717) is 12.1 Å². The summed E-state index contributed by atoms with van der Waals surface area (Å²) in [5.41, 5.74) is 5.49. The lowest BCUT2D eigenvalue weighted by atomic mass is 10.1. The van der Waals surface area contributed by atoms with Crippen molar-refractivity contribution >= 4 is 5.91 Å². The van der Waals surface area contributed by atoms with E-state index in [1.54, 1.807) is 12.1 Å². The Morgan fingerprint density at radius 2 is 1.94 bits per heavy atom. The third-order valence-corrected chi connectivity index (χ3v) is 6.17. The summed E-state index contributed by atoms with van der Waals surface area (Å²) in [6, 6.07) is 10.2. The quantitative estimate of drug-likeness (QED) is 0.600. The third-order valence-electron chi connectivity index (χ3n) is 6.17. The summed E-state index contributed by atoms with van der Waals surface area (Å²) < 4.78 is 15.0. The first-order valence-corrected chi connectivity index (χ1v) is 11.2. The fourth-order valence-corrected chi connectivity index (χ4v) is 4.33. The van der Waals surface area contributed by atoms with Crippen LogP contribution in [0.3, 0.4) is 0 Å². The number of hydrogen-bond donors (Lipinski definition) is 1. The van der Waals surface area contributed by atoms with E-state index in [1.165, 1.54) is 17.7 Å². The summed E-state index contributed by atoms with van der Waals surface area (Å²) in [5.74, 6) is -0.456. The number of rotatable bonds is 7. The number of nitrogens with zero attached hydrogens (tertiary/aromatic N) is 4. The molecule has 6 nitrogen and oxygen atoms in total. The molecule has 3 heterocycles. The Hall–Kier alpha value is -3.06. The monoisotopic (exact) mass is 435 g/mol. The minimum Gasteiger partial charge on any atom is -0.348 e. The first-order valence-electron chi connectivity index (χ1n) is 11.2. The number of amides is 1. The lowest BCUT2D eigenvalue weighted by molar-refractivity contribution is 0.0949. The Labute approximate surface area is 188 Å². The molecule has 0 saturated carbocycles. The molecule has 4 rings (SSSR count). The number of benzene rings is 1. The van der Waals surface area contributed by atoms with Crippen LogP contribution < -0.4 is 5.32 Å². The van der Waals surface area contributed by atoms with Crippen LogP contribution in [-0.2, 0) is 19.6 Å². The molecule has 32 heavy (non-hydrogen) atoms. The van der Waals surface area contributed by atoms with Gasteiger partial charge in [-0.3, -0.25) is 19.4 Å². The molecule has 1 aliphatic heterocycles. The van der Waals surface area contributed by atoms with Crippen LogP contribution in [0.15, 0.2) is 42.6 Å². The minimum absolute atomic E-state index is 0.170.